The van der Waals surface area contributed by atoms with Crippen molar-refractivity contribution >= 4 is 23.5 Å². The summed E-state index contributed by atoms with van der Waals surface area (Å²) in [5.41, 5.74) is 0.467. The van der Waals surface area contributed by atoms with E-state index in [2.05, 4.69) is 20.9 Å². The number of carbonyl (C=O) groups is 3. The molecule has 0 unspecified atom stereocenters. The van der Waals surface area contributed by atoms with Crippen molar-refractivity contribution in [3.8, 4) is 0 Å². The highest BCUT2D eigenvalue weighted by Crippen LogP contribution is 2.28. The number of amides is 3. The van der Waals surface area contributed by atoms with E-state index in [0.717, 1.165) is 19.3 Å². The van der Waals surface area contributed by atoms with Crippen LogP contribution in [0.2, 0.25) is 0 Å². The van der Waals surface area contributed by atoms with Crippen molar-refractivity contribution < 1.29 is 14.4 Å². The molecule has 2 heterocycles. The van der Waals surface area contributed by atoms with Crippen molar-refractivity contribution in [1.29, 1.82) is 0 Å². The van der Waals surface area contributed by atoms with E-state index in [1.165, 1.54) is 0 Å². The van der Waals surface area contributed by atoms with Crippen molar-refractivity contribution in [3.05, 3.63) is 23.9 Å². The molecule has 27 heavy (non-hydrogen) atoms. The number of likely N-dealkylation sites (N-methyl/N-ethyl adjacent to an activating group) is 1. The van der Waals surface area contributed by atoms with Gasteiger partial charge in [0, 0.05) is 43.9 Å². The fourth-order valence-electron chi connectivity index (χ4n) is 3.56. The molecule has 2 aliphatic rings. The first kappa shape index (κ1) is 19.1. The molecule has 3 N–H and O–H groups in total. The standard InChI is InChI=1S/C19H27N5O3/c1-3-21-18(26)15-10-14(23-17(25)12-5-4-6-12)11-24(15)19(27)13-7-8-22-16(9-13)20-2/h7-9,12,14-15H,3-6,10-11H2,1-2H3,(H,20,22)(H,21,26)(H,23,25)/t14-,15-/m0/s1. The van der Waals surface area contributed by atoms with Crippen molar-refractivity contribution in [2.45, 2.75) is 44.7 Å². The van der Waals surface area contributed by atoms with Crippen LogP contribution in [-0.2, 0) is 9.59 Å². The fourth-order valence-corrected chi connectivity index (χ4v) is 3.56. The molecule has 0 radical (unpaired) electrons. The second-order valence-electron chi connectivity index (χ2n) is 7.12. The van der Waals surface area contributed by atoms with Crippen LogP contribution in [0.5, 0.6) is 0 Å². The number of hydrogen-bond donors (Lipinski definition) is 3. The average molecular weight is 373 g/mol. The molecular formula is C19H27N5O3. The van der Waals surface area contributed by atoms with Gasteiger partial charge in [-0.05, 0) is 38.3 Å². The summed E-state index contributed by atoms with van der Waals surface area (Å²) in [7, 11) is 1.73. The summed E-state index contributed by atoms with van der Waals surface area (Å²) >= 11 is 0. The van der Waals surface area contributed by atoms with Gasteiger partial charge in [0.2, 0.25) is 11.8 Å². The van der Waals surface area contributed by atoms with Gasteiger partial charge in [-0.3, -0.25) is 14.4 Å². The Morgan fingerprint density at radius 2 is 2.04 bits per heavy atom. The molecular weight excluding hydrogens is 346 g/mol. The van der Waals surface area contributed by atoms with E-state index in [-0.39, 0.29) is 29.7 Å². The molecule has 2 atom stereocenters. The van der Waals surface area contributed by atoms with Crippen LogP contribution < -0.4 is 16.0 Å². The molecule has 1 aliphatic carbocycles. The second-order valence-corrected chi connectivity index (χ2v) is 7.12. The van der Waals surface area contributed by atoms with Gasteiger partial charge in [0.15, 0.2) is 0 Å². The number of nitrogens with one attached hydrogen (secondary N) is 3. The maximum absolute atomic E-state index is 13.0. The van der Waals surface area contributed by atoms with E-state index in [9.17, 15) is 14.4 Å². The van der Waals surface area contributed by atoms with E-state index in [1.807, 2.05) is 6.92 Å². The van der Waals surface area contributed by atoms with Gasteiger partial charge in [-0.15, -0.1) is 0 Å². The Balaban J connectivity index is 1.75. The van der Waals surface area contributed by atoms with Crippen molar-refractivity contribution in [2.75, 3.05) is 25.5 Å². The van der Waals surface area contributed by atoms with Crippen LogP contribution in [0.15, 0.2) is 18.3 Å². The van der Waals surface area contributed by atoms with Crippen LogP contribution in [-0.4, -0.2) is 59.8 Å². The third kappa shape index (κ3) is 4.20. The maximum atomic E-state index is 13.0. The first-order valence-corrected chi connectivity index (χ1v) is 9.56. The summed E-state index contributed by atoms with van der Waals surface area (Å²) in [6.07, 6.45) is 4.92. The minimum Gasteiger partial charge on any atom is -0.373 e. The zero-order chi connectivity index (χ0) is 19.4. The van der Waals surface area contributed by atoms with Crippen LogP contribution in [0.25, 0.3) is 0 Å². The predicted octanol–water partition coefficient (Wildman–Crippen LogP) is 0.759. The topological polar surface area (TPSA) is 103 Å². The number of nitrogens with zero attached hydrogens (tertiary/aromatic N) is 2. The van der Waals surface area contributed by atoms with Crippen LogP contribution in [0.1, 0.15) is 43.0 Å². The number of aromatic nitrogens is 1. The summed E-state index contributed by atoms with van der Waals surface area (Å²) in [6.45, 7) is 2.67. The van der Waals surface area contributed by atoms with E-state index in [1.54, 1.807) is 30.3 Å². The Labute approximate surface area is 159 Å². The summed E-state index contributed by atoms with van der Waals surface area (Å²) in [4.78, 5) is 43.5. The van der Waals surface area contributed by atoms with E-state index >= 15 is 0 Å². The number of rotatable bonds is 6. The van der Waals surface area contributed by atoms with Gasteiger partial charge in [0.1, 0.15) is 11.9 Å². The highest BCUT2D eigenvalue weighted by atomic mass is 16.2. The molecule has 0 bridgehead atoms. The van der Waals surface area contributed by atoms with Crippen molar-refractivity contribution in [2.24, 2.45) is 5.92 Å². The molecule has 1 saturated heterocycles. The van der Waals surface area contributed by atoms with Gasteiger partial charge in [-0.25, -0.2) is 4.98 Å². The molecule has 1 aromatic heterocycles. The number of pyridine rings is 1. The van der Waals surface area contributed by atoms with Gasteiger partial charge in [-0.1, -0.05) is 6.42 Å². The van der Waals surface area contributed by atoms with Gasteiger partial charge in [0.05, 0.1) is 0 Å². The van der Waals surface area contributed by atoms with Gasteiger partial charge < -0.3 is 20.9 Å². The maximum Gasteiger partial charge on any atom is 0.254 e. The molecule has 146 valence electrons. The molecule has 0 aromatic carbocycles. The Hall–Kier alpha value is -2.64. The quantitative estimate of drug-likeness (QED) is 0.683. The summed E-state index contributed by atoms with van der Waals surface area (Å²) in [6, 6.07) is 2.51. The molecule has 0 spiro atoms. The second kappa shape index (κ2) is 8.37. The molecule has 1 aromatic rings. The molecule has 1 saturated carbocycles. The molecule has 2 fully saturated rings. The Morgan fingerprint density at radius 1 is 1.26 bits per heavy atom. The minimum absolute atomic E-state index is 0.0385. The lowest BCUT2D eigenvalue weighted by Gasteiger charge is -2.26. The van der Waals surface area contributed by atoms with Gasteiger partial charge >= 0.3 is 0 Å². The molecule has 3 amide bonds. The number of carbonyl (C=O) groups excluding carboxylic acids is 3. The van der Waals surface area contributed by atoms with Gasteiger partial charge in [0.25, 0.3) is 5.91 Å². The molecule has 8 nitrogen and oxygen atoms in total. The summed E-state index contributed by atoms with van der Waals surface area (Å²) in [5, 5.41) is 8.73. The third-order valence-electron chi connectivity index (χ3n) is 5.30. The van der Waals surface area contributed by atoms with E-state index in [4.69, 9.17) is 0 Å². The summed E-state index contributed by atoms with van der Waals surface area (Å²) in [5.74, 6) is 0.289. The molecule has 8 heteroatoms. The highest BCUT2D eigenvalue weighted by Gasteiger charge is 2.41. The number of hydrogen-bond acceptors (Lipinski definition) is 5. The van der Waals surface area contributed by atoms with Crippen LogP contribution >= 0.6 is 0 Å². The van der Waals surface area contributed by atoms with Crippen molar-refractivity contribution in [3.63, 3.8) is 0 Å². The lowest BCUT2D eigenvalue weighted by atomic mass is 9.84. The van der Waals surface area contributed by atoms with Crippen LogP contribution in [0.3, 0.4) is 0 Å². The Morgan fingerprint density at radius 3 is 2.67 bits per heavy atom. The average Bonchev–Trinajstić information content (AvgIpc) is 3.03. The first-order valence-electron chi connectivity index (χ1n) is 9.56. The highest BCUT2D eigenvalue weighted by molar-refractivity contribution is 5.98. The third-order valence-corrected chi connectivity index (χ3v) is 5.30. The zero-order valence-corrected chi connectivity index (χ0v) is 15.8. The minimum atomic E-state index is -0.588. The van der Waals surface area contributed by atoms with Gasteiger partial charge in [-0.2, -0.15) is 0 Å². The lowest BCUT2D eigenvalue weighted by Crippen LogP contribution is -2.46. The normalized spacial score (nSPS) is 22.1. The lowest BCUT2D eigenvalue weighted by molar-refractivity contribution is -0.128. The predicted molar refractivity (Wildman–Crippen MR) is 101 cm³/mol. The number of anilines is 1. The summed E-state index contributed by atoms with van der Waals surface area (Å²) < 4.78 is 0. The SMILES string of the molecule is CCNC(=O)[C@@H]1C[C@H](NC(=O)C2CCC2)CN1C(=O)c1ccnc(NC)c1. The van der Waals surface area contributed by atoms with Crippen LogP contribution in [0, 0.1) is 5.92 Å². The van der Waals surface area contributed by atoms with E-state index in [0.29, 0.717) is 30.9 Å². The Bertz CT molecular complexity index is 719. The van der Waals surface area contributed by atoms with Crippen molar-refractivity contribution in [1.82, 2.24) is 20.5 Å². The first-order chi connectivity index (χ1) is 13.0. The fraction of sp³-hybridized carbons (Fsp3) is 0.579. The van der Waals surface area contributed by atoms with E-state index < -0.39 is 6.04 Å². The van der Waals surface area contributed by atoms with Crippen LogP contribution in [0.4, 0.5) is 5.82 Å². The smallest absolute Gasteiger partial charge is 0.254 e. The Kier molecular flexibility index (Phi) is 5.93. The molecule has 1 aliphatic heterocycles. The zero-order valence-electron chi connectivity index (χ0n) is 15.8. The molecule has 3 rings (SSSR count). The number of likely N-dealkylation sites (tertiary alicyclic amines) is 1. The monoisotopic (exact) mass is 373 g/mol. The largest absolute Gasteiger partial charge is 0.373 e.